The number of carbonyl (C=O) groups excluding carboxylic acids is 1. The number of aromatic carboxylic acids is 1. The van der Waals surface area contributed by atoms with E-state index in [2.05, 4.69) is 10.1 Å². The fourth-order valence-corrected chi connectivity index (χ4v) is 3.03. The first-order valence-corrected chi connectivity index (χ1v) is 8.07. The summed E-state index contributed by atoms with van der Waals surface area (Å²) in [6.45, 7) is 0. The third-order valence-electron chi connectivity index (χ3n) is 4.32. The minimum Gasteiger partial charge on any atom is -0.535 e. The molecule has 2 aromatic rings. The molecule has 0 radical (unpaired) electrons. The number of carboxylic acid groups (broad SMARTS) is 1. The Labute approximate surface area is 154 Å². The SMILES string of the molecule is Nc1cc(/C(=N\O)C(=O)C[C@H]2Cc3cccc(C(=O)O)c3OB2O)ccn1. The summed E-state index contributed by atoms with van der Waals surface area (Å²) in [5, 5.41) is 31.8. The Kier molecular flexibility index (Phi) is 5.08. The van der Waals surface area contributed by atoms with Crippen LogP contribution in [-0.4, -0.2) is 44.9 Å². The summed E-state index contributed by atoms with van der Waals surface area (Å²) in [7, 11) is -1.37. The van der Waals surface area contributed by atoms with Crippen LogP contribution in [0.15, 0.2) is 41.7 Å². The van der Waals surface area contributed by atoms with Crippen LogP contribution in [0, 0.1) is 0 Å². The van der Waals surface area contributed by atoms with Gasteiger partial charge in [0.2, 0.25) is 0 Å². The Bertz CT molecular complexity index is 933. The van der Waals surface area contributed by atoms with Gasteiger partial charge >= 0.3 is 13.1 Å². The number of aromatic nitrogens is 1. The number of hydrogen-bond donors (Lipinski definition) is 4. The molecule has 27 heavy (non-hydrogen) atoms. The molecule has 1 aromatic carbocycles. The van der Waals surface area contributed by atoms with E-state index in [1.807, 2.05) is 0 Å². The van der Waals surface area contributed by atoms with Crippen LogP contribution in [-0.2, 0) is 11.2 Å². The van der Waals surface area contributed by atoms with Crippen LogP contribution in [0.3, 0.4) is 0 Å². The molecule has 138 valence electrons. The number of hydrogen-bond acceptors (Lipinski definition) is 8. The Balaban J connectivity index is 1.81. The van der Waals surface area contributed by atoms with E-state index in [4.69, 9.17) is 10.4 Å². The van der Waals surface area contributed by atoms with Crippen molar-refractivity contribution < 1.29 is 29.6 Å². The van der Waals surface area contributed by atoms with E-state index in [0.717, 1.165) is 0 Å². The molecule has 10 heteroatoms. The largest absolute Gasteiger partial charge is 0.535 e. The number of carboxylic acids is 1. The molecule has 1 aliphatic rings. The van der Waals surface area contributed by atoms with E-state index in [1.54, 1.807) is 12.1 Å². The van der Waals surface area contributed by atoms with Gasteiger partial charge in [0.15, 0.2) is 11.5 Å². The minimum atomic E-state index is -1.37. The number of rotatable bonds is 5. The maximum absolute atomic E-state index is 12.6. The molecule has 0 fully saturated rings. The summed E-state index contributed by atoms with van der Waals surface area (Å²) in [5.41, 5.74) is 6.20. The van der Waals surface area contributed by atoms with Gasteiger partial charge in [0.25, 0.3) is 0 Å². The van der Waals surface area contributed by atoms with E-state index in [0.29, 0.717) is 11.1 Å². The number of fused-ring (bicyclic) bond motifs is 1. The fraction of sp³-hybridized carbons (Fsp3) is 0.176. The van der Waals surface area contributed by atoms with Crippen LogP contribution in [0.4, 0.5) is 5.82 Å². The standard InChI is InChI=1S/C17H16BN3O6/c19-14-7-9(4-5-20-14)15(21-26)13(22)8-11-6-10-2-1-3-12(17(23)24)16(10)27-18(11)25/h1-5,7,11,25-26H,6,8H2,(H2,19,20)(H,23,24)/b21-15+/t11-/m1/s1. The van der Waals surface area contributed by atoms with Crippen molar-refractivity contribution in [2.24, 2.45) is 5.16 Å². The average Bonchev–Trinajstić information content (AvgIpc) is 2.62. The first kappa shape index (κ1) is 18.4. The highest BCUT2D eigenvalue weighted by molar-refractivity contribution is 6.51. The van der Waals surface area contributed by atoms with Gasteiger partial charge < -0.3 is 25.7 Å². The second-order valence-electron chi connectivity index (χ2n) is 6.12. The van der Waals surface area contributed by atoms with Crippen molar-refractivity contribution in [2.75, 3.05) is 5.73 Å². The summed E-state index contributed by atoms with van der Waals surface area (Å²) in [6, 6.07) is 7.50. The number of para-hydroxylation sites is 1. The molecule has 5 N–H and O–H groups in total. The van der Waals surface area contributed by atoms with Crippen molar-refractivity contribution in [3.05, 3.63) is 53.2 Å². The quantitative estimate of drug-likeness (QED) is 0.263. The van der Waals surface area contributed by atoms with Crippen molar-refractivity contribution >= 4 is 30.4 Å². The summed E-state index contributed by atoms with van der Waals surface area (Å²) in [6.07, 6.45) is 1.45. The normalized spacial score (nSPS) is 16.4. The van der Waals surface area contributed by atoms with Gasteiger partial charge in [0.05, 0.1) is 5.56 Å². The molecular weight excluding hydrogens is 353 g/mol. The van der Waals surface area contributed by atoms with E-state index in [-0.39, 0.29) is 35.7 Å². The summed E-state index contributed by atoms with van der Waals surface area (Å²) in [4.78, 5) is 27.7. The van der Waals surface area contributed by atoms with Crippen LogP contribution >= 0.6 is 0 Å². The number of carbonyl (C=O) groups is 2. The van der Waals surface area contributed by atoms with Gasteiger partial charge in [0.1, 0.15) is 11.6 Å². The van der Waals surface area contributed by atoms with Crippen LogP contribution in [0.2, 0.25) is 5.82 Å². The molecule has 2 heterocycles. The van der Waals surface area contributed by atoms with Gasteiger partial charge in [-0.1, -0.05) is 17.3 Å². The third kappa shape index (κ3) is 3.75. The molecule has 0 aliphatic carbocycles. The molecular formula is C17H16BN3O6. The Morgan fingerprint density at radius 1 is 1.37 bits per heavy atom. The maximum atomic E-state index is 12.6. The minimum absolute atomic E-state index is 0.0544. The highest BCUT2D eigenvalue weighted by Gasteiger charge is 2.38. The molecule has 0 saturated carbocycles. The number of nitrogens with zero attached hydrogens (tertiary/aromatic N) is 2. The lowest BCUT2D eigenvalue weighted by Crippen LogP contribution is -2.36. The number of ketones is 1. The van der Waals surface area contributed by atoms with Crippen molar-refractivity contribution in [1.29, 1.82) is 0 Å². The van der Waals surface area contributed by atoms with Gasteiger partial charge in [-0.3, -0.25) is 4.79 Å². The van der Waals surface area contributed by atoms with Crippen LogP contribution in [0.25, 0.3) is 0 Å². The topological polar surface area (TPSA) is 155 Å². The van der Waals surface area contributed by atoms with Crippen LogP contribution in [0.5, 0.6) is 5.75 Å². The lowest BCUT2D eigenvalue weighted by molar-refractivity contribution is -0.113. The molecule has 0 spiro atoms. The van der Waals surface area contributed by atoms with E-state index >= 15 is 0 Å². The number of benzene rings is 1. The second kappa shape index (κ2) is 7.46. The summed E-state index contributed by atoms with van der Waals surface area (Å²) in [5.74, 6) is -2.06. The summed E-state index contributed by atoms with van der Waals surface area (Å²) >= 11 is 0. The smallest absolute Gasteiger partial charge is 0.526 e. The number of nitrogens with two attached hydrogens (primary N) is 1. The molecule has 1 atom stereocenters. The monoisotopic (exact) mass is 369 g/mol. The van der Waals surface area contributed by atoms with Crippen molar-refractivity contribution in [1.82, 2.24) is 4.98 Å². The Morgan fingerprint density at radius 2 is 2.15 bits per heavy atom. The number of Topliss-reactive ketones (excluding diaryl/α,β-unsaturated/α-hetero) is 1. The molecule has 9 nitrogen and oxygen atoms in total. The molecule has 0 unspecified atom stereocenters. The highest BCUT2D eigenvalue weighted by atomic mass is 16.5. The van der Waals surface area contributed by atoms with E-state index in [1.165, 1.54) is 24.4 Å². The van der Waals surface area contributed by atoms with Crippen molar-refractivity contribution in [3.8, 4) is 5.75 Å². The molecule has 1 aromatic heterocycles. The van der Waals surface area contributed by atoms with E-state index in [9.17, 15) is 24.9 Å². The van der Waals surface area contributed by atoms with E-state index < -0.39 is 24.7 Å². The number of oxime groups is 1. The van der Waals surface area contributed by atoms with Gasteiger partial charge in [-0.2, -0.15) is 0 Å². The second-order valence-corrected chi connectivity index (χ2v) is 6.12. The average molecular weight is 369 g/mol. The first-order valence-electron chi connectivity index (χ1n) is 8.07. The molecule has 0 amide bonds. The van der Waals surface area contributed by atoms with Crippen molar-refractivity contribution in [2.45, 2.75) is 18.7 Å². The molecule has 3 rings (SSSR count). The van der Waals surface area contributed by atoms with Gasteiger partial charge in [-0.15, -0.1) is 0 Å². The zero-order chi connectivity index (χ0) is 19.6. The predicted molar refractivity (Wildman–Crippen MR) is 96.1 cm³/mol. The number of pyridine rings is 1. The van der Waals surface area contributed by atoms with Crippen LogP contribution in [0.1, 0.15) is 27.9 Å². The molecule has 0 bridgehead atoms. The molecule has 1 aliphatic heterocycles. The van der Waals surface area contributed by atoms with Gasteiger partial charge in [-0.05, 0) is 30.2 Å². The fourth-order valence-electron chi connectivity index (χ4n) is 3.03. The van der Waals surface area contributed by atoms with Crippen molar-refractivity contribution in [3.63, 3.8) is 0 Å². The van der Waals surface area contributed by atoms with Gasteiger partial charge in [0, 0.05) is 24.0 Å². The van der Waals surface area contributed by atoms with Gasteiger partial charge in [-0.25, -0.2) is 9.78 Å². The number of anilines is 1. The Hall–Kier alpha value is -3.40. The maximum Gasteiger partial charge on any atom is 0.526 e. The third-order valence-corrected chi connectivity index (χ3v) is 4.32. The zero-order valence-corrected chi connectivity index (χ0v) is 14.1. The Morgan fingerprint density at radius 3 is 2.81 bits per heavy atom. The van der Waals surface area contributed by atoms with Crippen LogP contribution < -0.4 is 10.4 Å². The lowest BCUT2D eigenvalue weighted by atomic mass is 9.64. The lowest BCUT2D eigenvalue weighted by Gasteiger charge is -2.28. The molecule has 0 saturated heterocycles. The zero-order valence-electron chi connectivity index (χ0n) is 14.1. The number of nitrogen functional groups attached to an aromatic ring is 1. The summed E-state index contributed by atoms with van der Waals surface area (Å²) < 4.78 is 5.37. The highest BCUT2D eigenvalue weighted by Crippen LogP contribution is 2.36. The predicted octanol–water partition coefficient (Wildman–Crippen LogP) is 0.985. The first-order chi connectivity index (χ1) is 12.9.